The summed E-state index contributed by atoms with van der Waals surface area (Å²) in [6.45, 7) is 5.04. The summed E-state index contributed by atoms with van der Waals surface area (Å²) in [7, 11) is 1.59. The van der Waals surface area contributed by atoms with Crippen molar-refractivity contribution in [1.82, 2.24) is 15.3 Å². The van der Waals surface area contributed by atoms with Crippen LogP contribution in [0.15, 0.2) is 9.26 Å². The van der Waals surface area contributed by atoms with Crippen LogP contribution in [0.3, 0.4) is 0 Å². The normalized spacial score (nSPS) is 15.6. The third-order valence-electron chi connectivity index (χ3n) is 2.31. The SMILES string of the molecule is CCCCN=P(C)(N=P(N)(NC)NC)NC. The van der Waals surface area contributed by atoms with Crippen molar-refractivity contribution in [2.75, 3.05) is 34.4 Å². The molecule has 0 aliphatic rings. The maximum Gasteiger partial charge on any atom is 0.163 e. The van der Waals surface area contributed by atoms with Gasteiger partial charge >= 0.3 is 0 Å². The minimum absolute atomic E-state index is 0.846. The van der Waals surface area contributed by atoms with E-state index in [1.54, 1.807) is 0 Å². The molecule has 0 bridgehead atoms. The molecule has 1 unspecified atom stereocenters. The van der Waals surface area contributed by atoms with Gasteiger partial charge in [-0.2, -0.15) is 0 Å². The Balaban J connectivity index is 5.03. The molecule has 0 rings (SSSR count). The maximum absolute atomic E-state index is 6.11. The van der Waals surface area contributed by atoms with Gasteiger partial charge in [-0.05, 0) is 27.6 Å². The van der Waals surface area contributed by atoms with Gasteiger partial charge in [-0.1, -0.05) is 13.3 Å². The van der Waals surface area contributed by atoms with Crippen molar-refractivity contribution in [2.24, 2.45) is 14.8 Å². The molecule has 0 saturated heterocycles. The molecule has 0 aromatic rings. The zero-order chi connectivity index (χ0) is 12.7. The molecule has 8 heteroatoms. The monoisotopic (exact) mass is 268 g/mol. The van der Waals surface area contributed by atoms with E-state index in [0.717, 1.165) is 19.4 Å². The van der Waals surface area contributed by atoms with Crippen LogP contribution < -0.4 is 20.8 Å². The molecule has 0 aliphatic carbocycles. The van der Waals surface area contributed by atoms with E-state index in [-0.39, 0.29) is 0 Å². The number of hydrogen-bond acceptors (Lipinski definition) is 1. The molecule has 5 N–H and O–H groups in total. The quantitative estimate of drug-likeness (QED) is 0.420. The highest BCUT2D eigenvalue weighted by Gasteiger charge is 2.14. The van der Waals surface area contributed by atoms with Crippen molar-refractivity contribution in [3.05, 3.63) is 0 Å². The zero-order valence-electron chi connectivity index (χ0n) is 11.0. The first-order valence-corrected chi connectivity index (χ1v) is 9.45. The molecule has 0 spiro atoms. The van der Waals surface area contributed by atoms with Gasteiger partial charge in [0.25, 0.3) is 0 Å². The first-order valence-electron chi connectivity index (χ1n) is 5.50. The third kappa shape index (κ3) is 5.58. The van der Waals surface area contributed by atoms with E-state index in [0.29, 0.717) is 0 Å². The molecule has 0 aliphatic heterocycles. The minimum Gasteiger partial charge on any atom is -0.273 e. The predicted octanol–water partition coefficient (Wildman–Crippen LogP) is 2.01. The number of nitrogens with one attached hydrogen (secondary N) is 3. The van der Waals surface area contributed by atoms with E-state index in [1.807, 2.05) is 27.8 Å². The van der Waals surface area contributed by atoms with Crippen molar-refractivity contribution in [1.29, 1.82) is 0 Å². The fourth-order valence-electron chi connectivity index (χ4n) is 1.04. The lowest BCUT2D eigenvalue weighted by Crippen LogP contribution is -2.22. The van der Waals surface area contributed by atoms with Crippen LogP contribution in [-0.2, 0) is 0 Å². The van der Waals surface area contributed by atoms with Crippen molar-refractivity contribution in [3.8, 4) is 0 Å². The van der Waals surface area contributed by atoms with Gasteiger partial charge < -0.3 is 0 Å². The van der Waals surface area contributed by atoms with E-state index in [1.165, 1.54) is 0 Å². The Morgan fingerprint density at radius 2 is 1.69 bits per heavy atom. The lowest BCUT2D eigenvalue weighted by Gasteiger charge is -2.23. The van der Waals surface area contributed by atoms with Gasteiger partial charge in [0.1, 0.15) is 7.36 Å². The molecule has 0 heterocycles. The molecule has 0 radical (unpaired) electrons. The summed E-state index contributed by atoms with van der Waals surface area (Å²) >= 11 is 0. The van der Waals surface area contributed by atoms with Crippen LogP contribution in [0.5, 0.6) is 0 Å². The molecule has 0 fully saturated rings. The molecule has 98 valence electrons. The number of nitrogens with zero attached hydrogens (tertiary/aromatic N) is 2. The molecule has 0 amide bonds. The van der Waals surface area contributed by atoms with Gasteiger partial charge in [0.2, 0.25) is 0 Å². The van der Waals surface area contributed by atoms with E-state index in [2.05, 4.69) is 31.4 Å². The van der Waals surface area contributed by atoms with E-state index in [9.17, 15) is 0 Å². The third-order valence-corrected chi connectivity index (χ3v) is 7.79. The zero-order valence-corrected chi connectivity index (χ0v) is 12.8. The minimum atomic E-state index is -2.10. The topological polar surface area (TPSA) is 86.8 Å². The van der Waals surface area contributed by atoms with Crippen molar-refractivity contribution < 1.29 is 0 Å². The number of rotatable bonds is 7. The molecule has 1 atom stereocenters. The van der Waals surface area contributed by atoms with Gasteiger partial charge in [-0.15, -0.1) is 0 Å². The van der Waals surface area contributed by atoms with Gasteiger partial charge in [0.15, 0.2) is 7.51 Å². The maximum atomic E-state index is 6.11. The first kappa shape index (κ1) is 16.3. The fraction of sp³-hybridized carbons (Fsp3) is 1.00. The number of unbranched alkanes of at least 4 members (excludes halogenated alkanes) is 1. The van der Waals surface area contributed by atoms with E-state index < -0.39 is 14.9 Å². The Hall–Kier alpha value is 0.300. The van der Waals surface area contributed by atoms with Gasteiger partial charge in [0, 0.05) is 13.2 Å². The van der Waals surface area contributed by atoms with Gasteiger partial charge in [0.05, 0.1) is 0 Å². The Morgan fingerprint density at radius 3 is 2.06 bits per heavy atom. The smallest absolute Gasteiger partial charge is 0.163 e. The summed E-state index contributed by atoms with van der Waals surface area (Å²) in [6.07, 6.45) is 2.25. The van der Waals surface area contributed by atoms with Gasteiger partial charge in [-0.25, -0.2) is 4.52 Å². The summed E-state index contributed by atoms with van der Waals surface area (Å²) in [4.78, 5) is 0. The molecule has 6 nitrogen and oxygen atoms in total. The Morgan fingerprint density at radius 1 is 1.12 bits per heavy atom. The average Bonchev–Trinajstić information content (AvgIpc) is 2.29. The van der Waals surface area contributed by atoms with Crippen molar-refractivity contribution in [3.63, 3.8) is 0 Å². The summed E-state index contributed by atoms with van der Waals surface area (Å²) in [6, 6.07) is 0. The summed E-state index contributed by atoms with van der Waals surface area (Å²) in [5.74, 6) is 0. The van der Waals surface area contributed by atoms with Crippen molar-refractivity contribution in [2.45, 2.75) is 19.8 Å². The summed E-state index contributed by atoms with van der Waals surface area (Å²) < 4.78 is 9.31. The summed E-state index contributed by atoms with van der Waals surface area (Å²) in [5.41, 5.74) is 6.11. The lowest BCUT2D eigenvalue weighted by molar-refractivity contribution is 0.810. The lowest BCUT2D eigenvalue weighted by atomic mass is 10.3. The molecule has 0 aromatic heterocycles. The summed E-state index contributed by atoms with van der Waals surface area (Å²) in [5, 5.41) is 9.30. The van der Waals surface area contributed by atoms with Crippen LogP contribution in [0.1, 0.15) is 19.8 Å². The Labute approximate surface area is 99.5 Å². The first-order chi connectivity index (χ1) is 7.45. The fourth-order valence-corrected chi connectivity index (χ4v) is 5.44. The van der Waals surface area contributed by atoms with Crippen LogP contribution in [-0.4, -0.2) is 34.4 Å². The highest BCUT2D eigenvalue weighted by atomic mass is 31.2. The number of hydrogen-bond donors (Lipinski definition) is 4. The average molecular weight is 268 g/mol. The second-order valence-corrected chi connectivity index (χ2v) is 9.11. The predicted molar refractivity (Wildman–Crippen MR) is 75.8 cm³/mol. The molecule has 16 heavy (non-hydrogen) atoms. The molecular formula is C8H26N6P2. The largest absolute Gasteiger partial charge is 0.273 e. The van der Waals surface area contributed by atoms with Crippen molar-refractivity contribution >= 4 is 14.9 Å². The highest BCUT2D eigenvalue weighted by Crippen LogP contribution is 2.51. The van der Waals surface area contributed by atoms with Crippen LogP contribution >= 0.6 is 14.9 Å². The molecular weight excluding hydrogens is 242 g/mol. The second-order valence-electron chi connectivity index (χ2n) is 3.58. The van der Waals surface area contributed by atoms with Crippen LogP contribution in [0.2, 0.25) is 0 Å². The second kappa shape index (κ2) is 7.59. The highest BCUT2D eigenvalue weighted by molar-refractivity contribution is 7.72. The number of nitrogens with two attached hydrogens (primary N) is 1. The molecule has 0 aromatic carbocycles. The standard InChI is InChI=1S/C8H26N6P2/c1-6-7-8-13-15(5,10-2)14-16(9,11-3)12-4/h10-12H,6-9H2,1-5H3. The Bertz CT molecular complexity index is 293. The molecule has 0 saturated carbocycles. The van der Waals surface area contributed by atoms with E-state index >= 15 is 0 Å². The van der Waals surface area contributed by atoms with Crippen LogP contribution in [0.4, 0.5) is 0 Å². The van der Waals surface area contributed by atoms with Crippen LogP contribution in [0.25, 0.3) is 0 Å². The van der Waals surface area contributed by atoms with Gasteiger partial charge in [-0.3, -0.25) is 25.5 Å². The van der Waals surface area contributed by atoms with Crippen LogP contribution in [0, 0.1) is 0 Å². The van der Waals surface area contributed by atoms with E-state index in [4.69, 9.17) is 5.50 Å². The Kier molecular flexibility index (Phi) is 7.73.